The summed E-state index contributed by atoms with van der Waals surface area (Å²) in [5.74, 6) is -0.137. The van der Waals surface area contributed by atoms with Crippen molar-refractivity contribution in [3.63, 3.8) is 0 Å². The Morgan fingerprint density at radius 2 is 1.73 bits per heavy atom. The van der Waals surface area contributed by atoms with E-state index in [0.29, 0.717) is 12.8 Å². The maximum absolute atomic E-state index is 11.5. The number of aliphatic hydroxyl groups is 1. The third-order valence-electron chi connectivity index (χ3n) is 3.88. The summed E-state index contributed by atoms with van der Waals surface area (Å²) in [5, 5.41) is 9.96. The van der Waals surface area contributed by atoms with E-state index in [2.05, 4.69) is 0 Å². The molecule has 2 unspecified atom stereocenters. The Morgan fingerprint density at radius 3 is 2.27 bits per heavy atom. The fourth-order valence-corrected chi connectivity index (χ4v) is 4.85. The standard InChI is InChI=1S/C10H17ClO3S/c11-15(13,14)10(6-7-10)8-4-2-1-3-5-9(8)12/h8-9,12H,1-7H2. The first-order chi connectivity index (χ1) is 6.97. The molecule has 0 amide bonds. The van der Waals surface area contributed by atoms with Crippen molar-refractivity contribution in [3.8, 4) is 0 Å². The van der Waals surface area contributed by atoms with Crippen LogP contribution in [0.5, 0.6) is 0 Å². The van der Waals surface area contributed by atoms with Crippen molar-refractivity contribution >= 4 is 19.7 Å². The summed E-state index contributed by atoms with van der Waals surface area (Å²) in [6.07, 6.45) is 5.38. The molecule has 2 saturated carbocycles. The van der Waals surface area contributed by atoms with E-state index in [9.17, 15) is 13.5 Å². The zero-order valence-electron chi connectivity index (χ0n) is 8.65. The predicted octanol–water partition coefficient (Wildman–Crippen LogP) is 2.03. The first-order valence-corrected chi connectivity index (χ1v) is 7.90. The van der Waals surface area contributed by atoms with Crippen molar-refractivity contribution in [2.24, 2.45) is 5.92 Å². The summed E-state index contributed by atoms with van der Waals surface area (Å²) < 4.78 is 22.3. The predicted molar refractivity (Wildman–Crippen MR) is 59.3 cm³/mol. The zero-order chi connectivity index (χ0) is 11.1. The van der Waals surface area contributed by atoms with Gasteiger partial charge in [-0.15, -0.1) is 0 Å². The molecule has 0 bridgehead atoms. The molecule has 0 aromatic carbocycles. The van der Waals surface area contributed by atoms with Gasteiger partial charge in [0.2, 0.25) is 9.05 Å². The smallest absolute Gasteiger partial charge is 0.238 e. The molecule has 5 heteroatoms. The van der Waals surface area contributed by atoms with Crippen LogP contribution in [0, 0.1) is 5.92 Å². The molecule has 0 heterocycles. The van der Waals surface area contributed by atoms with Gasteiger partial charge in [0.05, 0.1) is 10.9 Å². The van der Waals surface area contributed by atoms with E-state index < -0.39 is 19.9 Å². The highest BCUT2D eigenvalue weighted by atomic mass is 35.7. The lowest BCUT2D eigenvalue weighted by atomic mass is 9.92. The summed E-state index contributed by atoms with van der Waals surface area (Å²) in [5.41, 5.74) is 0. The molecular weight excluding hydrogens is 236 g/mol. The monoisotopic (exact) mass is 252 g/mol. The molecular formula is C10H17ClO3S. The number of aliphatic hydroxyl groups excluding tert-OH is 1. The highest BCUT2D eigenvalue weighted by Gasteiger charge is 2.60. The molecule has 2 atom stereocenters. The summed E-state index contributed by atoms with van der Waals surface area (Å²) in [7, 11) is 1.97. The Kier molecular flexibility index (Phi) is 3.03. The van der Waals surface area contributed by atoms with Crippen LogP contribution >= 0.6 is 10.7 Å². The van der Waals surface area contributed by atoms with Crippen molar-refractivity contribution in [2.45, 2.75) is 55.8 Å². The third kappa shape index (κ3) is 2.04. The summed E-state index contributed by atoms with van der Waals surface area (Å²) in [4.78, 5) is 0. The Labute approximate surface area is 95.2 Å². The molecule has 2 aliphatic rings. The minimum absolute atomic E-state index is 0.137. The highest BCUT2D eigenvalue weighted by molar-refractivity contribution is 8.15. The molecule has 0 aromatic heterocycles. The molecule has 0 radical (unpaired) electrons. The fraction of sp³-hybridized carbons (Fsp3) is 1.00. The number of hydrogen-bond acceptors (Lipinski definition) is 3. The van der Waals surface area contributed by atoms with Gasteiger partial charge in [0.15, 0.2) is 0 Å². The first-order valence-electron chi connectivity index (χ1n) is 5.60. The van der Waals surface area contributed by atoms with Gasteiger partial charge in [0.25, 0.3) is 0 Å². The molecule has 0 aromatic rings. The average Bonchev–Trinajstić information content (AvgIpc) is 2.87. The number of rotatable bonds is 2. The van der Waals surface area contributed by atoms with E-state index in [-0.39, 0.29) is 5.92 Å². The molecule has 0 saturated heterocycles. The molecule has 2 aliphatic carbocycles. The molecule has 3 nitrogen and oxygen atoms in total. The van der Waals surface area contributed by atoms with Gasteiger partial charge in [-0.2, -0.15) is 0 Å². The van der Waals surface area contributed by atoms with Crippen molar-refractivity contribution in [2.75, 3.05) is 0 Å². The Balaban J connectivity index is 2.21. The summed E-state index contributed by atoms with van der Waals surface area (Å²) in [6, 6.07) is 0. The van der Waals surface area contributed by atoms with Gasteiger partial charge in [-0.25, -0.2) is 8.42 Å². The minimum atomic E-state index is -3.53. The lowest BCUT2D eigenvalue weighted by Crippen LogP contribution is -2.36. The maximum atomic E-state index is 11.5. The van der Waals surface area contributed by atoms with Crippen molar-refractivity contribution in [3.05, 3.63) is 0 Å². The van der Waals surface area contributed by atoms with Crippen LogP contribution in [0.15, 0.2) is 0 Å². The van der Waals surface area contributed by atoms with E-state index in [4.69, 9.17) is 10.7 Å². The Hall–Kier alpha value is 0.200. The average molecular weight is 253 g/mol. The van der Waals surface area contributed by atoms with Crippen LogP contribution in [0.4, 0.5) is 0 Å². The fourth-order valence-electron chi connectivity index (χ4n) is 2.82. The van der Waals surface area contributed by atoms with Gasteiger partial charge in [-0.05, 0) is 25.7 Å². The normalized spacial score (nSPS) is 35.9. The lowest BCUT2D eigenvalue weighted by Gasteiger charge is -2.27. The van der Waals surface area contributed by atoms with Crippen LogP contribution in [-0.2, 0) is 9.05 Å². The van der Waals surface area contributed by atoms with Crippen molar-refractivity contribution in [1.29, 1.82) is 0 Å². The van der Waals surface area contributed by atoms with Crippen LogP contribution < -0.4 is 0 Å². The van der Waals surface area contributed by atoms with Gasteiger partial charge in [0, 0.05) is 16.6 Å². The second kappa shape index (κ2) is 3.90. The van der Waals surface area contributed by atoms with Crippen LogP contribution in [-0.4, -0.2) is 24.4 Å². The van der Waals surface area contributed by atoms with Gasteiger partial charge >= 0.3 is 0 Å². The lowest BCUT2D eigenvalue weighted by molar-refractivity contribution is 0.0940. The van der Waals surface area contributed by atoms with Crippen LogP contribution in [0.2, 0.25) is 0 Å². The van der Waals surface area contributed by atoms with Gasteiger partial charge < -0.3 is 5.11 Å². The van der Waals surface area contributed by atoms with E-state index >= 15 is 0 Å². The summed E-state index contributed by atoms with van der Waals surface area (Å²) >= 11 is 0. The summed E-state index contributed by atoms with van der Waals surface area (Å²) in [6.45, 7) is 0. The van der Waals surface area contributed by atoms with E-state index in [1.807, 2.05) is 0 Å². The molecule has 2 rings (SSSR count). The second-order valence-electron chi connectivity index (χ2n) is 4.81. The van der Waals surface area contributed by atoms with Crippen LogP contribution in [0.3, 0.4) is 0 Å². The van der Waals surface area contributed by atoms with E-state index in [0.717, 1.165) is 32.1 Å². The molecule has 1 N–H and O–H groups in total. The molecule has 0 aliphatic heterocycles. The Morgan fingerprint density at radius 1 is 1.13 bits per heavy atom. The van der Waals surface area contributed by atoms with E-state index in [1.54, 1.807) is 0 Å². The van der Waals surface area contributed by atoms with E-state index in [1.165, 1.54) is 0 Å². The Bertz CT molecular complexity index is 335. The molecule has 2 fully saturated rings. The third-order valence-corrected chi connectivity index (χ3v) is 6.49. The maximum Gasteiger partial charge on any atom is 0.238 e. The van der Waals surface area contributed by atoms with Crippen molar-refractivity contribution in [1.82, 2.24) is 0 Å². The van der Waals surface area contributed by atoms with Crippen LogP contribution in [0.1, 0.15) is 44.9 Å². The number of hydrogen-bond donors (Lipinski definition) is 1. The van der Waals surface area contributed by atoms with Gasteiger partial charge in [-0.1, -0.05) is 19.3 Å². The first kappa shape index (κ1) is 11.7. The van der Waals surface area contributed by atoms with Gasteiger partial charge in [-0.3, -0.25) is 0 Å². The quantitative estimate of drug-likeness (QED) is 0.604. The van der Waals surface area contributed by atoms with Crippen LogP contribution in [0.25, 0.3) is 0 Å². The zero-order valence-corrected chi connectivity index (χ0v) is 10.2. The largest absolute Gasteiger partial charge is 0.393 e. The molecule has 0 spiro atoms. The number of halogens is 1. The topological polar surface area (TPSA) is 54.4 Å². The SMILES string of the molecule is O=S(=O)(Cl)C1(C2CCCCCC2O)CC1. The second-order valence-corrected chi connectivity index (χ2v) is 7.72. The highest BCUT2D eigenvalue weighted by Crippen LogP contribution is 2.54. The minimum Gasteiger partial charge on any atom is -0.393 e. The molecule has 88 valence electrons. The van der Waals surface area contributed by atoms with Crippen molar-refractivity contribution < 1.29 is 13.5 Å². The van der Waals surface area contributed by atoms with Gasteiger partial charge in [0.1, 0.15) is 0 Å². The molecule has 15 heavy (non-hydrogen) atoms.